The molecule has 0 radical (unpaired) electrons. The van der Waals surface area contributed by atoms with Crippen LogP contribution < -0.4 is 0 Å². The van der Waals surface area contributed by atoms with Crippen LogP contribution in [0.15, 0.2) is 10.6 Å². The molecule has 0 saturated heterocycles. The van der Waals surface area contributed by atoms with Crippen LogP contribution in [-0.2, 0) is 0 Å². The van der Waals surface area contributed by atoms with Gasteiger partial charge in [0.05, 0.1) is 10.6 Å². The second kappa shape index (κ2) is 7.80. The molecule has 60 valence electrons. The van der Waals surface area contributed by atoms with Crippen molar-refractivity contribution in [2.75, 3.05) is 28.2 Å². The smallest absolute Gasteiger partial charge is 0.0518 e. The highest BCUT2D eigenvalue weighted by molar-refractivity contribution is 4.17. The first kappa shape index (κ1) is 11.6. The standard InChI is InChI=1S/2C2H6N2O/c2*1-4(2)3-5/h2*1-2H3. The minimum absolute atomic E-state index is 1.19. The Morgan fingerprint density at radius 3 is 0.900 bits per heavy atom. The van der Waals surface area contributed by atoms with Crippen molar-refractivity contribution in [1.29, 1.82) is 0 Å². The van der Waals surface area contributed by atoms with E-state index < -0.39 is 0 Å². The molecule has 10 heavy (non-hydrogen) atoms. The first-order valence-electron chi connectivity index (χ1n) is 2.55. The Labute approximate surface area is 59.7 Å². The fourth-order valence-electron chi connectivity index (χ4n) is 0. The molecule has 0 N–H and O–H groups in total. The molecule has 0 aromatic carbocycles. The average molecular weight is 148 g/mol. The predicted molar refractivity (Wildman–Crippen MR) is 39.0 cm³/mol. The fraction of sp³-hybridized carbons (Fsp3) is 1.00. The van der Waals surface area contributed by atoms with Crippen molar-refractivity contribution < 1.29 is 0 Å². The minimum atomic E-state index is 1.19. The van der Waals surface area contributed by atoms with Gasteiger partial charge in [0.15, 0.2) is 0 Å². The lowest BCUT2D eigenvalue weighted by atomic mass is 11.2. The van der Waals surface area contributed by atoms with Crippen molar-refractivity contribution in [3.05, 3.63) is 9.81 Å². The van der Waals surface area contributed by atoms with Gasteiger partial charge in [-0.25, -0.2) is 0 Å². The zero-order chi connectivity index (χ0) is 8.57. The second-order valence-corrected chi connectivity index (χ2v) is 1.86. The van der Waals surface area contributed by atoms with Crippen LogP contribution >= 0.6 is 0 Å². The van der Waals surface area contributed by atoms with E-state index in [1.807, 2.05) is 0 Å². The van der Waals surface area contributed by atoms with Crippen LogP contribution in [0.3, 0.4) is 0 Å². The highest BCUT2D eigenvalue weighted by atomic mass is 16.3. The van der Waals surface area contributed by atoms with E-state index in [2.05, 4.69) is 10.6 Å². The number of hydrogen-bond acceptors (Lipinski definition) is 4. The molecule has 0 aromatic heterocycles. The Hall–Kier alpha value is -1.20. The highest BCUT2D eigenvalue weighted by Gasteiger charge is 1.69. The Kier molecular flexibility index (Phi) is 9.03. The SMILES string of the molecule is CN(C)N=O.CN(C)N=O. The lowest BCUT2D eigenvalue weighted by Crippen LogP contribution is -1.97. The molecule has 0 atom stereocenters. The molecule has 0 saturated carbocycles. The van der Waals surface area contributed by atoms with Gasteiger partial charge in [-0.2, -0.15) is 0 Å². The topological polar surface area (TPSA) is 65.3 Å². The van der Waals surface area contributed by atoms with Crippen LogP contribution in [0.2, 0.25) is 0 Å². The average Bonchev–Trinajstić information content (AvgIpc) is 1.89. The molecule has 0 aliphatic heterocycles. The predicted octanol–water partition coefficient (Wildman–Crippen LogP) is 0.459. The highest BCUT2D eigenvalue weighted by Crippen LogP contribution is 1.65. The van der Waals surface area contributed by atoms with E-state index in [0.717, 1.165) is 0 Å². The fourth-order valence-corrected chi connectivity index (χ4v) is 0. The van der Waals surface area contributed by atoms with E-state index >= 15 is 0 Å². The summed E-state index contributed by atoms with van der Waals surface area (Å²) in [7, 11) is 6.31. The van der Waals surface area contributed by atoms with Crippen molar-refractivity contribution >= 4 is 0 Å². The van der Waals surface area contributed by atoms with E-state index in [4.69, 9.17) is 0 Å². The maximum atomic E-state index is 9.18. The minimum Gasteiger partial charge on any atom is -0.267 e. The first-order valence-corrected chi connectivity index (χ1v) is 2.55. The van der Waals surface area contributed by atoms with Crippen LogP contribution in [0.25, 0.3) is 0 Å². The lowest BCUT2D eigenvalue weighted by Gasteiger charge is -1.90. The van der Waals surface area contributed by atoms with Crippen molar-refractivity contribution in [2.45, 2.75) is 0 Å². The number of nitrogens with zero attached hydrogens (tertiary/aromatic N) is 4. The third-order valence-electron chi connectivity index (χ3n) is 0.327. The van der Waals surface area contributed by atoms with Gasteiger partial charge in [0.2, 0.25) is 0 Å². The Morgan fingerprint density at radius 1 is 0.800 bits per heavy atom. The van der Waals surface area contributed by atoms with Gasteiger partial charge in [-0.1, -0.05) is 0 Å². The van der Waals surface area contributed by atoms with Gasteiger partial charge >= 0.3 is 0 Å². The molecule has 0 fully saturated rings. The Bertz CT molecular complexity index is 81.3. The summed E-state index contributed by atoms with van der Waals surface area (Å²) in [6, 6.07) is 0. The summed E-state index contributed by atoms with van der Waals surface area (Å²) in [4.78, 5) is 18.4. The molecule has 6 nitrogen and oxygen atoms in total. The van der Waals surface area contributed by atoms with Gasteiger partial charge in [0.25, 0.3) is 0 Å². The van der Waals surface area contributed by atoms with Gasteiger partial charge in [0.1, 0.15) is 0 Å². The van der Waals surface area contributed by atoms with Gasteiger partial charge in [0, 0.05) is 28.2 Å². The number of hydrogen-bond donors (Lipinski definition) is 0. The Balaban J connectivity index is 0. The maximum Gasteiger partial charge on any atom is 0.0518 e. The van der Waals surface area contributed by atoms with Crippen LogP contribution in [-0.4, -0.2) is 38.2 Å². The molecule has 0 spiro atoms. The van der Waals surface area contributed by atoms with Crippen LogP contribution in [0.1, 0.15) is 0 Å². The molecule has 0 amide bonds. The number of nitroso groups, excluding NO2 is 2. The molecule has 0 aliphatic carbocycles. The molecule has 0 rings (SSSR count). The van der Waals surface area contributed by atoms with E-state index in [9.17, 15) is 9.81 Å². The molecular formula is C4H12N4O2. The van der Waals surface area contributed by atoms with Gasteiger partial charge in [-0.05, 0) is 0 Å². The van der Waals surface area contributed by atoms with Crippen LogP contribution in [0.5, 0.6) is 0 Å². The third-order valence-corrected chi connectivity index (χ3v) is 0.327. The molecule has 0 aliphatic rings. The molecule has 6 heteroatoms. The number of rotatable bonds is 2. The summed E-state index contributed by atoms with van der Waals surface area (Å²) in [5.74, 6) is 0. The summed E-state index contributed by atoms with van der Waals surface area (Å²) < 4.78 is 0. The summed E-state index contributed by atoms with van der Waals surface area (Å²) in [5.41, 5.74) is 0. The molecule has 0 aromatic rings. The largest absolute Gasteiger partial charge is 0.267 e. The zero-order valence-corrected chi connectivity index (χ0v) is 6.61. The second-order valence-electron chi connectivity index (χ2n) is 1.86. The van der Waals surface area contributed by atoms with Crippen LogP contribution in [0, 0.1) is 9.81 Å². The van der Waals surface area contributed by atoms with Crippen LogP contribution in [0.4, 0.5) is 0 Å². The molecule has 0 heterocycles. The molecule has 0 unspecified atom stereocenters. The van der Waals surface area contributed by atoms with Crippen molar-refractivity contribution in [2.24, 2.45) is 10.6 Å². The quantitative estimate of drug-likeness (QED) is 0.421. The van der Waals surface area contributed by atoms with E-state index in [-0.39, 0.29) is 0 Å². The summed E-state index contributed by atoms with van der Waals surface area (Å²) in [6.45, 7) is 0. The summed E-state index contributed by atoms with van der Waals surface area (Å²) in [5, 5.41) is 7.33. The van der Waals surface area contributed by atoms with Gasteiger partial charge in [-0.3, -0.25) is 10.0 Å². The van der Waals surface area contributed by atoms with Gasteiger partial charge < -0.3 is 0 Å². The monoisotopic (exact) mass is 148 g/mol. The third kappa shape index (κ3) is 29.2. The normalized spacial score (nSPS) is 6.80. The van der Waals surface area contributed by atoms with E-state index in [1.165, 1.54) is 10.0 Å². The summed E-state index contributed by atoms with van der Waals surface area (Å²) in [6.07, 6.45) is 0. The van der Waals surface area contributed by atoms with Gasteiger partial charge in [-0.15, -0.1) is 9.81 Å². The molecular weight excluding hydrogens is 136 g/mol. The zero-order valence-electron chi connectivity index (χ0n) is 6.61. The Morgan fingerprint density at radius 2 is 0.900 bits per heavy atom. The van der Waals surface area contributed by atoms with E-state index in [1.54, 1.807) is 28.2 Å². The van der Waals surface area contributed by atoms with E-state index in [0.29, 0.717) is 0 Å². The first-order chi connectivity index (χ1) is 4.54. The maximum absolute atomic E-state index is 9.18. The van der Waals surface area contributed by atoms with Crippen molar-refractivity contribution in [3.63, 3.8) is 0 Å². The molecule has 0 bridgehead atoms. The summed E-state index contributed by atoms with van der Waals surface area (Å²) >= 11 is 0. The van der Waals surface area contributed by atoms with Crippen molar-refractivity contribution in [1.82, 2.24) is 10.0 Å². The van der Waals surface area contributed by atoms with Crippen molar-refractivity contribution in [3.8, 4) is 0 Å². The lowest BCUT2D eigenvalue weighted by molar-refractivity contribution is 0.431.